The number of hydrogen-bond acceptors (Lipinski definition) is 10. The quantitative estimate of drug-likeness (QED) is 0.0861. The van der Waals surface area contributed by atoms with Crippen LogP contribution in [0.3, 0.4) is 0 Å². The Kier molecular flexibility index (Phi) is 13.2. The lowest BCUT2D eigenvalue weighted by Gasteiger charge is -2.26. The Hall–Kier alpha value is -5.51. The van der Waals surface area contributed by atoms with E-state index in [1.54, 1.807) is 19.9 Å². The monoisotopic (exact) mass is 718 g/mol. The van der Waals surface area contributed by atoms with Gasteiger partial charge in [-0.05, 0) is 75.5 Å². The largest absolute Gasteiger partial charge is 0.493 e. The fraction of sp³-hybridized carbons (Fsp3) is 0.341. The first-order valence-electron chi connectivity index (χ1n) is 17.3. The van der Waals surface area contributed by atoms with Gasteiger partial charge >= 0.3 is 0 Å². The van der Waals surface area contributed by atoms with Crippen molar-refractivity contribution in [3.63, 3.8) is 0 Å². The van der Waals surface area contributed by atoms with Crippen LogP contribution in [-0.4, -0.2) is 55.3 Å². The van der Waals surface area contributed by atoms with Crippen molar-refractivity contribution in [2.45, 2.75) is 51.7 Å². The molecule has 2 aliphatic heterocycles. The molecule has 1 aromatic heterocycles. The Labute approximate surface area is 309 Å². The van der Waals surface area contributed by atoms with Gasteiger partial charge in [-0.1, -0.05) is 36.4 Å². The van der Waals surface area contributed by atoms with E-state index in [4.69, 9.17) is 25.5 Å². The average molecular weight is 719 g/mol. The summed E-state index contributed by atoms with van der Waals surface area (Å²) in [5.41, 5.74) is 2.45. The van der Waals surface area contributed by atoms with Gasteiger partial charge in [-0.25, -0.2) is 4.85 Å². The standard InChI is InChI=1S/C41H42N4O6S/c1-41(2)33(37(44-3)38(51-41)31(26-42)27-43)16-18-36-40-39(48-23-24-49-40)35(52-36)17-14-30-13-15-32(45(19-7-9-21-46)20-8-10-22-47)25-34(30)50-28-29-11-5-4-6-12-29/h4-6,11-18,25,46-47H,7-10,19-24,28H2,1-2H3/b17-14+,18-16+. The number of ether oxygens (including phenoxy) is 4. The number of rotatable bonds is 16. The molecule has 10 nitrogen and oxygen atoms in total. The van der Waals surface area contributed by atoms with Crippen molar-refractivity contribution in [2.24, 2.45) is 0 Å². The molecule has 0 saturated heterocycles. The van der Waals surface area contributed by atoms with Crippen LogP contribution >= 0.6 is 11.3 Å². The summed E-state index contributed by atoms with van der Waals surface area (Å²) in [6, 6.07) is 19.8. The molecule has 268 valence electrons. The molecule has 0 amide bonds. The lowest BCUT2D eigenvalue weighted by atomic mass is 9.97. The van der Waals surface area contributed by atoms with Gasteiger partial charge in [0.25, 0.3) is 0 Å². The summed E-state index contributed by atoms with van der Waals surface area (Å²) in [5, 5.41) is 37.6. The normalized spacial score (nSPS) is 14.6. The van der Waals surface area contributed by atoms with Crippen molar-refractivity contribution in [3.8, 4) is 29.4 Å². The number of aliphatic hydroxyl groups is 2. The van der Waals surface area contributed by atoms with Gasteiger partial charge in [0.1, 0.15) is 43.3 Å². The number of allylic oxidation sites excluding steroid dienone is 1. The SMILES string of the molecule is [C-]#[N+]C1=C(/C=C/c2sc(/C=C/c3ccc(N(CCCCO)CCCCO)cc3OCc3ccccc3)c3c2OCCO3)C(C)(C)OC1=C(C#N)C#N. The second-order valence-corrected chi connectivity index (χ2v) is 13.7. The molecule has 0 spiro atoms. The molecule has 11 heteroatoms. The Balaban J connectivity index is 1.49. The predicted octanol–water partition coefficient (Wildman–Crippen LogP) is 7.92. The number of nitrogens with zero attached hydrogens (tertiary/aromatic N) is 4. The molecule has 0 fully saturated rings. The molecule has 5 rings (SSSR count). The molecule has 2 N–H and O–H groups in total. The van der Waals surface area contributed by atoms with E-state index in [1.165, 1.54) is 11.3 Å². The number of benzene rings is 2. The highest BCUT2D eigenvalue weighted by Crippen LogP contribution is 2.47. The number of aliphatic hydroxyl groups excluding tert-OH is 2. The topological polar surface area (TPSA) is 133 Å². The van der Waals surface area contributed by atoms with Gasteiger partial charge in [-0.3, -0.25) is 0 Å². The Morgan fingerprint density at radius 2 is 1.56 bits per heavy atom. The van der Waals surface area contributed by atoms with Crippen LogP contribution in [0.1, 0.15) is 60.4 Å². The van der Waals surface area contributed by atoms with E-state index in [9.17, 15) is 20.7 Å². The number of anilines is 1. The molecule has 2 aromatic carbocycles. The molecular weight excluding hydrogens is 677 g/mol. The van der Waals surface area contributed by atoms with Crippen molar-refractivity contribution in [3.05, 3.63) is 110 Å². The number of thiophene rings is 1. The van der Waals surface area contributed by atoms with E-state index < -0.39 is 5.60 Å². The number of nitriles is 2. The second kappa shape index (κ2) is 18.1. The van der Waals surface area contributed by atoms with Gasteiger partial charge in [-0.15, -0.1) is 11.3 Å². The second-order valence-electron chi connectivity index (χ2n) is 12.6. The van der Waals surface area contributed by atoms with Crippen LogP contribution in [0.2, 0.25) is 0 Å². The molecule has 0 atom stereocenters. The highest BCUT2D eigenvalue weighted by Gasteiger charge is 2.39. The molecule has 0 radical (unpaired) electrons. The maximum absolute atomic E-state index is 9.43. The van der Waals surface area contributed by atoms with Crippen molar-refractivity contribution >= 4 is 35.3 Å². The van der Waals surface area contributed by atoms with E-state index in [2.05, 4.69) is 21.9 Å². The fourth-order valence-electron chi connectivity index (χ4n) is 5.91. The summed E-state index contributed by atoms with van der Waals surface area (Å²) >= 11 is 1.48. The summed E-state index contributed by atoms with van der Waals surface area (Å²) < 4.78 is 24.5. The summed E-state index contributed by atoms with van der Waals surface area (Å²) in [5.74, 6) is 1.95. The van der Waals surface area contributed by atoms with E-state index in [-0.39, 0.29) is 30.2 Å². The molecule has 3 aromatic rings. The zero-order valence-electron chi connectivity index (χ0n) is 29.4. The third kappa shape index (κ3) is 9.04. The lowest BCUT2D eigenvalue weighted by molar-refractivity contribution is 0.0954. The third-order valence-corrected chi connectivity index (χ3v) is 9.66. The van der Waals surface area contributed by atoms with E-state index in [0.29, 0.717) is 49.7 Å². The van der Waals surface area contributed by atoms with Crippen molar-refractivity contribution in [1.82, 2.24) is 0 Å². The van der Waals surface area contributed by atoms with Crippen LogP contribution in [0.15, 0.2) is 77.2 Å². The minimum absolute atomic E-state index is 0.00388. The van der Waals surface area contributed by atoms with Crippen molar-refractivity contribution in [2.75, 3.05) is 44.4 Å². The minimum Gasteiger partial charge on any atom is -0.493 e. The van der Waals surface area contributed by atoms with Gasteiger partial charge in [0, 0.05) is 49.2 Å². The first-order chi connectivity index (χ1) is 25.3. The summed E-state index contributed by atoms with van der Waals surface area (Å²) in [7, 11) is 0. The Bertz CT molecular complexity index is 1950. The van der Waals surface area contributed by atoms with Crippen LogP contribution in [0.4, 0.5) is 5.69 Å². The van der Waals surface area contributed by atoms with Crippen LogP contribution < -0.4 is 19.1 Å². The van der Waals surface area contributed by atoms with Gasteiger partial charge in [-0.2, -0.15) is 10.5 Å². The molecular formula is C41H42N4O6S. The first-order valence-corrected chi connectivity index (χ1v) is 18.1. The Morgan fingerprint density at radius 1 is 0.923 bits per heavy atom. The summed E-state index contributed by atoms with van der Waals surface area (Å²) in [6.45, 7) is 14.4. The smallest absolute Gasteiger partial charge is 0.237 e. The molecule has 0 aliphatic carbocycles. The lowest BCUT2D eigenvalue weighted by Crippen LogP contribution is -2.26. The van der Waals surface area contributed by atoms with Gasteiger partial charge < -0.3 is 34.1 Å². The van der Waals surface area contributed by atoms with Gasteiger partial charge in [0.05, 0.1) is 16.3 Å². The molecule has 0 saturated carbocycles. The van der Waals surface area contributed by atoms with E-state index in [1.807, 2.05) is 66.8 Å². The van der Waals surface area contributed by atoms with E-state index >= 15 is 0 Å². The fourth-order valence-corrected chi connectivity index (χ4v) is 6.91. The maximum Gasteiger partial charge on any atom is 0.237 e. The highest BCUT2D eigenvalue weighted by molar-refractivity contribution is 7.14. The van der Waals surface area contributed by atoms with Crippen LogP contribution in [0.5, 0.6) is 17.2 Å². The molecule has 0 bridgehead atoms. The molecule has 0 unspecified atom stereocenters. The van der Waals surface area contributed by atoms with Crippen LogP contribution in [0, 0.1) is 29.2 Å². The zero-order valence-corrected chi connectivity index (χ0v) is 30.2. The number of unbranched alkanes of at least 4 members (excludes halogenated alkanes) is 2. The zero-order chi connectivity index (χ0) is 36.9. The van der Waals surface area contributed by atoms with Gasteiger partial charge in [0.15, 0.2) is 22.8 Å². The van der Waals surface area contributed by atoms with Crippen molar-refractivity contribution < 1.29 is 29.2 Å². The van der Waals surface area contributed by atoms with Gasteiger partial charge in [0.2, 0.25) is 5.70 Å². The van der Waals surface area contributed by atoms with Crippen LogP contribution in [-0.2, 0) is 11.3 Å². The van der Waals surface area contributed by atoms with Crippen LogP contribution in [0.25, 0.3) is 23.1 Å². The Morgan fingerprint density at radius 3 is 2.15 bits per heavy atom. The highest BCUT2D eigenvalue weighted by atomic mass is 32.1. The molecule has 3 heterocycles. The predicted molar refractivity (Wildman–Crippen MR) is 202 cm³/mol. The maximum atomic E-state index is 9.43. The number of hydrogen-bond donors (Lipinski definition) is 2. The molecule has 52 heavy (non-hydrogen) atoms. The first kappa shape index (κ1) is 37.7. The number of fused-ring (bicyclic) bond motifs is 1. The summed E-state index contributed by atoms with van der Waals surface area (Å²) in [4.78, 5) is 7.54. The minimum atomic E-state index is -0.933. The summed E-state index contributed by atoms with van der Waals surface area (Å²) in [6.07, 6.45) is 10.7. The third-order valence-electron chi connectivity index (χ3n) is 8.58. The average Bonchev–Trinajstić information content (AvgIpc) is 3.65. The van der Waals surface area contributed by atoms with Crippen molar-refractivity contribution in [1.29, 1.82) is 10.5 Å². The van der Waals surface area contributed by atoms with E-state index in [0.717, 1.165) is 58.2 Å². The molecule has 2 aliphatic rings.